The van der Waals surface area contributed by atoms with E-state index < -0.39 is 0 Å². The number of nitriles is 1. The fourth-order valence-corrected chi connectivity index (χ4v) is 1.84. The molecule has 0 unspecified atom stereocenters. The molecule has 0 spiro atoms. The van der Waals surface area contributed by atoms with Crippen LogP contribution >= 0.6 is 0 Å². The van der Waals surface area contributed by atoms with E-state index in [1.807, 2.05) is 6.07 Å². The number of pyridine rings is 1. The summed E-state index contributed by atoms with van der Waals surface area (Å²) in [5, 5.41) is 25.2. The third-order valence-corrected chi connectivity index (χ3v) is 2.77. The third-order valence-electron chi connectivity index (χ3n) is 2.77. The monoisotopic (exact) mass is 225 g/mol. The average molecular weight is 225 g/mol. The molecule has 0 bridgehead atoms. The molecular weight excluding hydrogens is 218 g/mol. The second kappa shape index (κ2) is 3.15. The van der Waals surface area contributed by atoms with Gasteiger partial charge in [-0.05, 0) is 0 Å². The first-order valence-electron chi connectivity index (χ1n) is 4.97. The van der Waals surface area contributed by atoms with Gasteiger partial charge in [0.1, 0.15) is 11.6 Å². The molecule has 0 atom stereocenters. The van der Waals surface area contributed by atoms with E-state index in [9.17, 15) is 5.21 Å². The van der Waals surface area contributed by atoms with Gasteiger partial charge in [0.05, 0.1) is 17.1 Å². The van der Waals surface area contributed by atoms with E-state index in [0.29, 0.717) is 16.9 Å². The van der Waals surface area contributed by atoms with Gasteiger partial charge in [0.2, 0.25) is 5.69 Å². The molecule has 17 heavy (non-hydrogen) atoms. The van der Waals surface area contributed by atoms with Crippen molar-refractivity contribution in [1.29, 1.82) is 5.26 Å². The highest BCUT2D eigenvalue weighted by molar-refractivity contribution is 5.81. The summed E-state index contributed by atoms with van der Waals surface area (Å²) in [6.45, 7) is 1.72. The fourth-order valence-electron chi connectivity index (χ4n) is 1.84. The molecule has 6 heteroatoms. The van der Waals surface area contributed by atoms with Gasteiger partial charge in [-0.25, -0.2) is 9.50 Å². The predicted molar refractivity (Wildman–Crippen MR) is 58.9 cm³/mol. The number of aryl methyl sites for hydroxylation is 1. The largest absolute Gasteiger partial charge is 0.618 e. The Morgan fingerprint density at radius 2 is 2.29 bits per heavy atom. The van der Waals surface area contributed by atoms with Gasteiger partial charge < -0.3 is 5.21 Å². The van der Waals surface area contributed by atoms with Crippen LogP contribution in [0.5, 0.6) is 0 Å². The van der Waals surface area contributed by atoms with Crippen molar-refractivity contribution in [3.8, 4) is 6.07 Å². The average Bonchev–Trinajstić information content (AvgIpc) is 2.76. The van der Waals surface area contributed by atoms with Crippen molar-refractivity contribution in [2.45, 2.75) is 6.92 Å². The van der Waals surface area contributed by atoms with E-state index in [4.69, 9.17) is 5.26 Å². The number of rotatable bonds is 0. The van der Waals surface area contributed by atoms with Crippen molar-refractivity contribution in [3.05, 3.63) is 41.1 Å². The van der Waals surface area contributed by atoms with Crippen LogP contribution < -0.4 is 4.73 Å². The summed E-state index contributed by atoms with van der Waals surface area (Å²) in [6, 6.07) is 3.69. The highest BCUT2D eigenvalue weighted by atomic mass is 16.5. The van der Waals surface area contributed by atoms with Crippen LogP contribution in [-0.4, -0.2) is 14.6 Å². The molecule has 0 aromatic carbocycles. The van der Waals surface area contributed by atoms with Gasteiger partial charge in [0, 0.05) is 19.2 Å². The lowest BCUT2D eigenvalue weighted by atomic mass is 10.2. The summed E-state index contributed by atoms with van der Waals surface area (Å²) in [6.07, 6.45) is 4.48. The molecule has 0 aliphatic heterocycles. The minimum Gasteiger partial charge on any atom is -0.618 e. The highest BCUT2D eigenvalue weighted by Gasteiger charge is 2.12. The second-order valence-electron chi connectivity index (χ2n) is 3.69. The molecule has 3 heterocycles. The molecule has 0 amide bonds. The summed E-state index contributed by atoms with van der Waals surface area (Å²) in [5.74, 6) is 0. The third kappa shape index (κ3) is 1.16. The Labute approximate surface area is 95.9 Å². The van der Waals surface area contributed by atoms with Crippen LogP contribution in [0.25, 0.3) is 16.6 Å². The molecule has 0 saturated carbocycles. The molecule has 82 valence electrons. The molecule has 0 N–H and O–H groups in total. The summed E-state index contributed by atoms with van der Waals surface area (Å²) in [7, 11) is 0. The van der Waals surface area contributed by atoms with Crippen LogP contribution in [0.1, 0.15) is 11.3 Å². The maximum atomic E-state index is 11.4. The van der Waals surface area contributed by atoms with Crippen LogP contribution in [0.3, 0.4) is 0 Å². The van der Waals surface area contributed by atoms with Crippen molar-refractivity contribution < 1.29 is 4.73 Å². The zero-order valence-electron chi connectivity index (χ0n) is 8.95. The lowest BCUT2D eigenvalue weighted by Gasteiger charge is -2.04. The Balaban J connectivity index is 2.55. The summed E-state index contributed by atoms with van der Waals surface area (Å²) in [5.41, 5.74) is 2.25. The molecule has 0 radical (unpaired) electrons. The molecule has 6 nitrogen and oxygen atoms in total. The van der Waals surface area contributed by atoms with Gasteiger partial charge >= 0.3 is 0 Å². The summed E-state index contributed by atoms with van der Waals surface area (Å²) in [4.78, 5) is 4.17. The minimum atomic E-state index is 0.420. The number of hydrogen-bond acceptors (Lipinski definition) is 4. The SMILES string of the molecule is Cc1c2cnc3c(C#N)cnn3c2cc[n+]1[O-]. The van der Waals surface area contributed by atoms with Gasteiger partial charge in [-0.1, -0.05) is 0 Å². The number of nitrogens with zero attached hydrogens (tertiary/aromatic N) is 5. The lowest BCUT2D eigenvalue weighted by Crippen LogP contribution is -2.29. The fraction of sp³-hybridized carbons (Fsp3) is 0.0909. The topological polar surface area (TPSA) is 80.9 Å². The molecule has 3 aromatic heterocycles. The second-order valence-corrected chi connectivity index (χ2v) is 3.69. The Morgan fingerprint density at radius 1 is 1.47 bits per heavy atom. The highest BCUT2D eigenvalue weighted by Crippen LogP contribution is 2.17. The van der Waals surface area contributed by atoms with Crippen LogP contribution in [0.15, 0.2) is 24.7 Å². The van der Waals surface area contributed by atoms with E-state index in [2.05, 4.69) is 10.1 Å². The first-order chi connectivity index (χ1) is 8.22. The van der Waals surface area contributed by atoms with Crippen LogP contribution in [0.2, 0.25) is 0 Å². The van der Waals surface area contributed by atoms with Gasteiger partial charge in [0.25, 0.3) is 0 Å². The first-order valence-corrected chi connectivity index (χ1v) is 4.97. The molecule has 3 aromatic rings. The van der Waals surface area contributed by atoms with Crippen molar-refractivity contribution >= 4 is 16.6 Å². The normalized spacial score (nSPS) is 10.8. The molecule has 0 fully saturated rings. The lowest BCUT2D eigenvalue weighted by molar-refractivity contribution is -0.610. The maximum Gasteiger partial charge on any atom is 0.200 e. The van der Waals surface area contributed by atoms with E-state index in [1.54, 1.807) is 23.7 Å². The van der Waals surface area contributed by atoms with Gasteiger partial charge in [-0.2, -0.15) is 15.1 Å². The van der Waals surface area contributed by atoms with Crippen LogP contribution in [-0.2, 0) is 0 Å². The van der Waals surface area contributed by atoms with Crippen molar-refractivity contribution in [2.24, 2.45) is 0 Å². The zero-order valence-corrected chi connectivity index (χ0v) is 8.95. The maximum absolute atomic E-state index is 11.4. The first kappa shape index (κ1) is 9.54. The van der Waals surface area contributed by atoms with Gasteiger partial charge in [0.15, 0.2) is 11.8 Å². The van der Waals surface area contributed by atoms with E-state index >= 15 is 0 Å². The van der Waals surface area contributed by atoms with Crippen molar-refractivity contribution in [2.75, 3.05) is 0 Å². The Kier molecular flexibility index (Phi) is 1.77. The molecular formula is C11H7N5O. The van der Waals surface area contributed by atoms with Gasteiger partial charge in [-0.3, -0.25) is 0 Å². The quantitative estimate of drug-likeness (QED) is 0.416. The summed E-state index contributed by atoms with van der Waals surface area (Å²) >= 11 is 0. The molecule has 3 rings (SSSR count). The number of hydrogen-bond donors (Lipinski definition) is 0. The van der Waals surface area contributed by atoms with E-state index in [1.165, 1.54) is 12.4 Å². The molecule has 0 aliphatic rings. The van der Waals surface area contributed by atoms with E-state index in [-0.39, 0.29) is 0 Å². The number of aromatic nitrogens is 4. The zero-order chi connectivity index (χ0) is 12.0. The smallest absolute Gasteiger partial charge is 0.200 e. The Morgan fingerprint density at radius 3 is 3.06 bits per heavy atom. The number of fused-ring (bicyclic) bond motifs is 3. The van der Waals surface area contributed by atoms with E-state index in [0.717, 1.165) is 15.6 Å². The van der Waals surface area contributed by atoms with Crippen LogP contribution in [0, 0.1) is 23.5 Å². The van der Waals surface area contributed by atoms with Crippen molar-refractivity contribution in [3.63, 3.8) is 0 Å². The van der Waals surface area contributed by atoms with Crippen LogP contribution in [0.4, 0.5) is 0 Å². The minimum absolute atomic E-state index is 0.420. The standard InChI is InChI=1S/C11H7N5O/c1-7-9-6-13-11-8(4-12)5-14-16(11)10(9)2-3-15(7)17/h2-3,5-6H,1H3. The Hall–Kier alpha value is -2.68. The molecule has 0 aliphatic carbocycles. The Bertz CT molecular complexity index is 784. The van der Waals surface area contributed by atoms with Gasteiger partial charge in [-0.15, -0.1) is 0 Å². The van der Waals surface area contributed by atoms with Crippen molar-refractivity contribution in [1.82, 2.24) is 14.6 Å². The summed E-state index contributed by atoms with van der Waals surface area (Å²) < 4.78 is 2.35. The molecule has 0 saturated heterocycles. The predicted octanol–water partition coefficient (Wildman–Crippen LogP) is 0.696.